The molecule has 2 heterocycles. The number of para-hydroxylation sites is 2. The van der Waals surface area contributed by atoms with Crippen LogP contribution in [0.1, 0.15) is 0 Å². The minimum Gasteiger partial charge on any atom is -0.411 e. The van der Waals surface area contributed by atoms with Crippen LogP contribution in [0.5, 0.6) is 0 Å². The molecule has 0 saturated carbocycles. The molecule has 0 atom stereocenters. The summed E-state index contributed by atoms with van der Waals surface area (Å²) in [6.45, 7) is 0. The van der Waals surface area contributed by atoms with Gasteiger partial charge in [-0.2, -0.15) is 0 Å². The van der Waals surface area contributed by atoms with E-state index in [2.05, 4.69) is 10.2 Å². The van der Waals surface area contributed by atoms with Gasteiger partial charge in [0.15, 0.2) is 0 Å². The van der Waals surface area contributed by atoms with Crippen LogP contribution in [0.4, 0.5) is 11.4 Å². The van der Waals surface area contributed by atoms with Gasteiger partial charge < -0.3 is 4.42 Å². The molecule has 0 saturated heterocycles. The number of fused-ring (bicyclic) bond motifs is 2. The van der Waals surface area contributed by atoms with E-state index >= 15 is 0 Å². The summed E-state index contributed by atoms with van der Waals surface area (Å²) in [6, 6.07) is 23.1. The van der Waals surface area contributed by atoms with Crippen LogP contribution in [-0.2, 0) is 4.79 Å². The van der Waals surface area contributed by atoms with Crippen molar-refractivity contribution in [1.82, 2.24) is 10.2 Å². The minimum absolute atomic E-state index is 0.0577. The highest BCUT2D eigenvalue weighted by molar-refractivity contribution is 8.00. The Labute approximate surface area is 186 Å². The molecule has 148 valence electrons. The van der Waals surface area contributed by atoms with Crippen molar-refractivity contribution in [3.05, 3.63) is 77.8 Å². The summed E-state index contributed by atoms with van der Waals surface area (Å²) in [7, 11) is 0. The second-order valence-electron chi connectivity index (χ2n) is 6.41. The lowest BCUT2D eigenvalue weighted by atomic mass is 10.2. The molecule has 0 bridgehead atoms. The van der Waals surface area contributed by atoms with E-state index in [9.17, 15) is 4.79 Å². The zero-order chi connectivity index (χ0) is 20.5. The van der Waals surface area contributed by atoms with Crippen LogP contribution in [-0.4, -0.2) is 21.9 Å². The third-order valence-electron chi connectivity index (χ3n) is 4.51. The fourth-order valence-corrected chi connectivity index (χ4v) is 5.06. The quantitative estimate of drug-likeness (QED) is 0.339. The SMILES string of the molecule is O=C(CSc1nnc(-c2ccccc2Cl)o1)N1c2ccccc2Sc2ccccc21. The van der Waals surface area contributed by atoms with Crippen molar-refractivity contribution in [1.29, 1.82) is 0 Å². The molecule has 5 rings (SSSR count). The summed E-state index contributed by atoms with van der Waals surface area (Å²) in [5.74, 6) is 0.440. The van der Waals surface area contributed by atoms with Crippen LogP contribution in [0.25, 0.3) is 11.5 Å². The average Bonchev–Trinajstić information content (AvgIpc) is 3.25. The number of hydrogen-bond donors (Lipinski definition) is 0. The van der Waals surface area contributed by atoms with Gasteiger partial charge in [0.25, 0.3) is 5.22 Å². The molecule has 1 aliphatic heterocycles. The van der Waals surface area contributed by atoms with Gasteiger partial charge in [-0.05, 0) is 36.4 Å². The molecule has 30 heavy (non-hydrogen) atoms. The normalized spacial score (nSPS) is 12.4. The maximum atomic E-state index is 13.2. The molecule has 3 aromatic carbocycles. The maximum Gasteiger partial charge on any atom is 0.277 e. The molecule has 0 aliphatic carbocycles. The van der Waals surface area contributed by atoms with E-state index in [0.717, 1.165) is 21.2 Å². The van der Waals surface area contributed by atoms with Crippen LogP contribution < -0.4 is 4.90 Å². The van der Waals surface area contributed by atoms with E-state index in [4.69, 9.17) is 16.0 Å². The Morgan fingerprint density at radius 1 is 0.933 bits per heavy atom. The van der Waals surface area contributed by atoms with E-state index in [-0.39, 0.29) is 11.7 Å². The largest absolute Gasteiger partial charge is 0.411 e. The Hall–Kier alpha value is -2.74. The summed E-state index contributed by atoms with van der Waals surface area (Å²) in [5.41, 5.74) is 2.43. The second kappa shape index (κ2) is 8.18. The predicted molar refractivity (Wildman–Crippen MR) is 120 cm³/mol. The van der Waals surface area contributed by atoms with Crippen molar-refractivity contribution >= 4 is 52.4 Å². The third-order valence-corrected chi connectivity index (χ3v) is 6.77. The Balaban J connectivity index is 1.38. The van der Waals surface area contributed by atoms with Gasteiger partial charge in [-0.15, -0.1) is 10.2 Å². The van der Waals surface area contributed by atoms with Gasteiger partial charge in [0.1, 0.15) is 0 Å². The zero-order valence-electron chi connectivity index (χ0n) is 15.5. The lowest BCUT2D eigenvalue weighted by Crippen LogP contribution is -2.29. The summed E-state index contributed by atoms with van der Waals surface area (Å²) in [6.07, 6.45) is 0. The van der Waals surface area contributed by atoms with Crippen molar-refractivity contribution in [3.8, 4) is 11.5 Å². The maximum absolute atomic E-state index is 13.2. The Kier molecular flexibility index (Phi) is 5.25. The van der Waals surface area contributed by atoms with E-state index < -0.39 is 0 Å². The number of thioether (sulfide) groups is 1. The molecule has 5 nitrogen and oxygen atoms in total. The smallest absolute Gasteiger partial charge is 0.277 e. The summed E-state index contributed by atoms with van der Waals surface area (Å²) in [5, 5.41) is 8.97. The van der Waals surface area contributed by atoms with Gasteiger partial charge >= 0.3 is 0 Å². The standard InChI is InChI=1S/C22H14ClN3O2S2/c23-15-8-2-1-7-14(15)21-24-25-22(28-21)29-13-20(27)26-16-9-3-5-11-18(16)30-19-12-6-4-10-17(19)26/h1-12H,13H2. The molecule has 4 aromatic rings. The second-order valence-corrected chi connectivity index (χ2v) is 8.83. The molecule has 0 spiro atoms. The number of aromatic nitrogens is 2. The number of rotatable bonds is 4. The van der Waals surface area contributed by atoms with Crippen LogP contribution in [0.2, 0.25) is 5.02 Å². The van der Waals surface area contributed by atoms with Gasteiger partial charge in [0, 0.05) is 9.79 Å². The molecular weight excluding hydrogens is 438 g/mol. The number of nitrogens with zero attached hydrogens (tertiary/aromatic N) is 3. The first-order valence-electron chi connectivity index (χ1n) is 9.11. The lowest BCUT2D eigenvalue weighted by molar-refractivity contribution is -0.115. The first-order valence-corrected chi connectivity index (χ1v) is 11.3. The van der Waals surface area contributed by atoms with Crippen molar-refractivity contribution in [2.24, 2.45) is 0 Å². The van der Waals surface area contributed by atoms with E-state index in [1.165, 1.54) is 11.8 Å². The molecular formula is C22H14ClN3O2S2. The van der Waals surface area contributed by atoms with E-state index in [1.54, 1.807) is 22.7 Å². The van der Waals surface area contributed by atoms with Gasteiger partial charge in [0.2, 0.25) is 11.8 Å². The van der Waals surface area contributed by atoms with Crippen LogP contribution in [0.3, 0.4) is 0 Å². The fourth-order valence-electron chi connectivity index (χ4n) is 3.17. The van der Waals surface area contributed by atoms with Crippen LogP contribution in [0, 0.1) is 0 Å². The predicted octanol–water partition coefficient (Wildman–Crippen LogP) is 6.31. The number of carbonyl (C=O) groups excluding carboxylic acids is 1. The van der Waals surface area contributed by atoms with Crippen molar-refractivity contribution < 1.29 is 9.21 Å². The summed E-state index contributed by atoms with van der Waals surface area (Å²) in [4.78, 5) is 17.1. The topological polar surface area (TPSA) is 59.2 Å². The van der Waals surface area contributed by atoms with Crippen molar-refractivity contribution in [2.45, 2.75) is 15.0 Å². The van der Waals surface area contributed by atoms with Gasteiger partial charge in [-0.1, -0.05) is 71.5 Å². The lowest BCUT2D eigenvalue weighted by Gasteiger charge is -2.30. The zero-order valence-corrected chi connectivity index (χ0v) is 17.9. The molecule has 1 aliphatic rings. The van der Waals surface area contributed by atoms with Gasteiger partial charge in [-0.3, -0.25) is 9.69 Å². The number of carbonyl (C=O) groups is 1. The number of hydrogen-bond acceptors (Lipinski definition) is 6. The molecule has 0 radical (unpaired) electrons. The highest BCUT2D eigenvalue weighted by atomic mass is 35.5. The Morgan fingerprint density at radius 3 is 2.27 bits per heavy atom. The van der Waals surface area contributed by atoms with Crippen LogP contribution in [0.15, 0.2) is 92.2 Å². The highest BCUT2D eigenvalue weighted by Crippen LogP contribution is 2.48. The van der Waals surface area contributed by atoms with Gasteiger partial charge in [0.05, 0.1) is 27.7 Å². The monoisotopic (exact) mass is 451 g/mol. The first kappa shape index (κ1) is 19.2. The molecule has 0 unspecified atom stereocenters. The van der Waals surface area contributed by atoms with Crippen LogP contribution >= 0.6 is 35.1 Å². The number of amides is 1. The Morgan fingerprint density at radius 2 is 1.57 bits per heavy atom. The molecule has 0 N–H and O–H groups in total. The van der Waals surface area contributed by atoms with Crippen molar-refractivity contribution in [2.75, 3.05) is 10.7 Å². The average molecular weight is 452 g/mol. The molecule has 1 amide bonds. The third kappa shape index (κ3) is 3.60. The molecule has 8 heteroatoms. The Bertz CT molecular complexity index is 1200. The summed E-state index contributed by atoms with van der Waals surface area (Å²) < 4.78 is 5.71. The summed E-state index contributed by atoms with van der Waals surface area (Å²) >= 11 is 9.07. The van der Waals surface area contributed by atoms with E-state index in [1.807, 2.05) is 66.7 Å². The van der Waals surface area contributed by atoms with Crippen molar-refractivity contribution in [3.63, 3.8) is 0 Å². The number of anilines is 2. The first-order chi connectivity index (χ1) is 14.7. The minimum atomic E-state index is -0.0577. The molecule has 1 aromatic heterocycles. The highest BCUT2D eigenvalue weighted by Gasteiger charge is 2.28. The fraction of sp³-hybridized carbons (Fsp3) is 0.0455. The van der Waals surface area contributed by atoms with E-state index in [0.29, 0.717) is 21.7 Å². The number of halogens is 1. The molecule has 0 fully saturated rings. The number of benzene rings is 3. The van der Waals surface area contributed by atoms with Gasteiger partial charge in [-0.25, -0.2) is 0 Å².